The van der Waals surface area contributed by atoms with E-state index in [-0.39, 0.29) is 5.41 Å². The van der Waals surface area contributed by atoms with Crippen LogP contribution in [-0.4, -0.2) is 18.8 Å². The van der Waals surface area contributed by atoms with E-state index in [1.165, 1.54) is 0 Å². The number of hydrogen-bond acceptors (Lipinski definition) is 2. The van der Waals surface area contributed by atoms with Crippen molar-refractivity contribution in [3.63, 3.8) is 0 Å². The van der Waals surface area contributed by atoms with Gasteiger partial charge in [-0.25, -0.2) is 0 Å². The minimum absolute atomic E-state index is 0.288. The summed E-state index contributed by atoms with van der Waals surface area (Å²) in [4.78, 5) is 0. The Morgan fingerprint density at radius 1 is 1.33 bits per heavy atom. The molecule has 12 heavy (non-hydrogen) atoms. The molecule has 0 radical (unpaired) electrons. The van der Waals surface area contributed by atoms with Crippen molar-refractivity contribution in [3.8, 4) is 0 Å². The lowest BCUT2D eigenvalue weighted by Crippen LogP contribution is -2.61. The smallest absolute Gasteiger partial charge is 0.0660 e. The van der Waals surface area contributed by atoms with Gasteiger partial charge >= 0.3 is 0 Å². The van der Waals surface area contributed by atoms with E-state index in [0.29, 0.717) is 12.1 Å². The summed E-state index contributed by atoms with van der Waals surface area (Å²) in [5, 5.41) is 0. The summed E-state index contributed by atoms with van der Waals surface area (Å²) in [6.45, 7) is 7.31. The topological polar surface area (TPSA) is 35.2 Å². The average Bonchev–Trinajstić information content (AvgIpc) is 2.07. The zero-order valence-corrected chi connectivity index (χ0v) is 8.47. The van der Waals surface area contributed by atoms with Crippen LogP contribution < -0.4 is 5.73 Å². The average molecular weight is 171 g/mol. The first-order chi connectivity index (χ1) is 5.71. The molecule has 1 fully saturated rings. The number of ether oxygens (including phenoxy) is 1. The molecular weight excluding hydrogens is 150 g/mol. The first-order valence-corrected chi connectivity index (χ1v) is 5.08. The Morgan fingerprint density at radius 2 is 1.92 bits per heavy atom. The molecule has 0 unspecified atom stereocenters. The molecule has 0 aromatic rings. The van der Waals surface area contributed by atoms with Crippen LogP contribution in [0.1, 0.15) is 40.0 Å². The summed E-state index contributed by atoms with van der Waals surface area (Å²) in [7, 11) is 0. The highest BCUT2D eigenvalue weighted by atomic mass is 16.5. The minimum Gasteiger partial charge on any atom is -0.378 e. The summed E-state index contributed by atoms with van der Waals surface area (Å²) in [6, 6.07) is 0.365. The van der Waals surface area contributed by atoms with Crippen LogP contribution >= 0.6 is 0 Å². The Hall–Kier alpha value is -0.0800. The second kappa shape index (κ2) is 3.75. The lowest BCUT2D eigenvalue weighted by Gasteiger charge is -2.53. The van der Waals surface area contributed by atoms with Gasteiger partial charge in [-0.1, -0.05) is 13.8 Å². The van der Waals surface area contributed by atoms with Crippen molar-refractivity contribution in [3.05, 3.63) is 0 Å². The van der Waals surface area contributed by atoms with Crippen molar-refractivity contribution in [2.24, 2.45) is 11.1 Å². The molecule has 0 spiro atoms. The van der Waals surface area contributed by atoms with Gasteiger partial charge < -0.3 is 10.5 Å². The lowest BCUT2D eigenvalue weighted by atomic mass is 9.59. The van der Waals surface area contributed by atoms with Gasteiger partial charge in [0, 0.05) is 18.1 Å². The van der Waals surface area contributed by atoms with Gasteiger partial charge in [0.25, 0.3) is 0 Å². The van der Waals surface area contributed by atoms with Crippen LogP contribution in [0.5, 0.6) is 0 Å². The predicted molar refractivity (Wildman–Crippen MR) is 51.0 cm³/mol. The Balaban J connectivity index is 2.56. The van der Waals surface area contributed by atoms with Gasteiger partial charge in [0.1, 0.15) is 0 Å². The highest BCUT2D eigenvalue weighted by Crippen LogP contribution is 2.47. The molecule has 1 saturated carbocycles. The molecule has 72 valence electrons. The maximum absolute atomic E-state index is 6.02. The predicted octanol–water partition coefficient (Wildman–Crippen LogP) is 1.93. The summed E-state index contributed by atoms with van der Waals surface area (Å²) >= 11 is 0. The third-order valence-corrected chi connectivity index (χ3v) is 3.53. The highest BCUT2D eigenvalue weighted by Gasteiger charge is 2.51. The standard InChI is InChI=1S/C10H21NO/c1-4-10(5-2)8(11)7-9(10)12-6-3/h8-9H,4-7,11H2,1-3H3/t8-,9-/m1/s1. The van der Waals surface area contributed by atoms with Crippen LogP contribution in [0.25, 0.3) is 0 Å². The lowest BCUT2D eigenvalue weighted by molar-refractivity contribution is -0.127. The third-order valence-electron chi connectivity index (χ3n) is 3.53. The van der Waals surface area contributed by atoms with Gasteiger partial charge in [0.05, 0.1) is 6.10 Å². The van der Waals surface area contributed by atoms with Crippen LogP contribution in [0.2, 0.25) is 0 Å². The van der Waals surface area contributed by atoms with E-state index in [9.17, 15) is 0 Å². The number of hydrogen-bond donors (Lipinski definition) is 1. The van der Waals surface area contributed by atoms with Gasteiger partial charge in [-0.15, -0.1) is 0 Å². The Kier molecular flexibility index (Phi) is 3.13. The van der Waals surface area contributed by atoms with Crippen molar-refractivity contribution in [2.45, 2.75) is 52.2 Å². The van der Waals surface area contributed by atoms with Crippen LogP contribution in [0.3, 0.4) is 0 Å². The van der Waals surface area contributed by atoms with E-state index in [1.54, 1.807) is 0 Å². The van der Waals surface area contributed by atoms with Crippen molar-refractivity contribution < 1.29 is 4.74 Å². The fraction of sp³-hybridized carbons (Fsp3) is 1.00. The molecule has 0 aromatic heterocycles. The molecule has 2 atom stereocenters. The van der Waals surface area contributed by atoms with Crippen LogP contribution in [0.15, 0.2) is 0 Å². The summed E-state index contributed by atoms with van der Waals surface area (Å²) in [5.74, 6) is 0. The SMILES string of the molecule is CCO[C@@H]1C[C@@H](N)C1(CC)CC. The Morgan fingerprint density at radius 3 is 2.25 bits per heavy atom. The molecule has 0 aromatic carbocycles. The van der Waals surface area contributed by atoms with Gasteiger partial charge in [-0.05, 0) is 26.2 Å². The van der Waals surface area contributed by atoms with E-state index < -0.39 is 0 Å². The van der Waals surface area contributed by atoms with Crippen molar-refractivity contribution in [1.82, 2.24) is 0 Å². The first-order valence-electron chi connectivity index (χ1n) is 5.08. The van der Waals surface area contributed by atoms with Gasteiger partial charge in [-0.2, -0.15) is 0 Å². The molecule has 2 N–H and O–H groups in total. The largest absolute Gasteiger partial charge is 0.378 e. The first kappa shape index (κ1) is 10.0. The monoisotopic (exact) mass is 171 g/mol. The molecule has 2 nitrogen and oxygen atoms in total. The van der Waals surface area contributed by atoms with E-state index in [4.69, 9.17) is 10.5 Å². The van der Waals surface area contributed by atoms with E-state index >= 15 is 0 Å². The Labute approximate surface area is 75.5 Å². The highest BCUT2D eigenvalue weighted by molar-refractivity contribution is 5.05. The minimum atomic E-state index is 0.288. The Bertz CT molecular complexity index is 141. The summed E-state index contributed by atoms with van der Waals surface area (Å²) in [6.07, 6.45) is 3.77. The molecular formula is C10H21NO. The normalized spacial score (nSPS) is 33.0. The van der Waals surface area contributed by atoms with Gasteiger partial charge in [-0.3, -0.25) is 0 Å². The zero-order chi connectivity index (χ0) is 9.19. The molecule has 0 aliphatic heterocycles. The maximum atomic E-state index is 6.02. The van der Waals surface area contributed by atoms with E-state index in [2.05, 4.69) is 20.8 Å². The fourth-order valence-corrected chi connectivity index (χ4v) is 2.44. The summed E-state index contributed by atoms with van der Waals surface area (Å²) in [5.41, 5.74) is 6.31. The molecule has 1 aliphatic rings. The van der Waals surface area contributed by atoms with Gasteiger partial charge in [0.2, 0.25) is 0 Å². The van der Waals surface area contributed by atoms with E-state index in [0.717, 1.165) is 25.9 Å². The van der Waals surface area contributed by atoms with E-state index in [1.807, 2.05) is 0 Å². The fourth-order valence-electron chi connectivity index (χ4n) is 2.44. The quantitative estimate of drug-likeness (QED) is 0.701. The zero-order valence-electron chi connectivity index (χ0n) is 8.47. The van der Waals surface area contributed by atoms with Crippen molar-refractivity contribution >= 4 is 0 Å². The number of nitrogens with two attached hydrogens (primary N) is 1. The molecule has 1 aliphatic carbocycles. The van der Waals surface area contributed by atoms with Crippen LogP contribution in [0.4, 0.5) is 0 Å². The van der Waals surface area contributed by atoms with Crippen LogP contribution in [-0.2, 0) is 4.74 Å². The maximum Gasteiger partial charge on any atom is 0.0660 e. The summed E-state index contributed by atoms with van der Waals surface area (Å²) < 4.78 is 5.67. The van der Waals surface area contributed by atoms with Crippen molar-refractivity contribution in [1.29, 1.82) is 0 Å². The molecule has 0 heterocycles. The number of rotatable bonds is 4. The van der Waals surface area contributed by atoms with Gasteiger partial charge in [0.15, 0.2) is 0 Å². The molecule has 0 amide bonds. The molecule has 2 heteroatoms. The molecule has 0 saturated heterocycles. The molecule has 1 rings (SSSR count). The second-order valence-electron chi connectivity index (χ2n) is 3.73. The molecule has 0 bridgehead atoms. The van der Waals surface area contributed by atoms with Crippen molar-refractivity contribution in [2.75, 3.05) is 6.61 Å². The second-order valence-corrected chi connectivity index (χ2v) is 3.73. The third kappa shape index (κ3) is 1.27. The van der Waals surface area contributed by atoms with Crippen LogP contribution in [0, 0.1) is 5.41 Å².